The molecule has 2 aromatic carbocycles. The summed E-state index contributed by atoms with van der Waals surface area (Å²) in [5.41, 5.74) is 2.62. The van der Waals surface area contributed by atoms with E-state index in [9.17, 15) is 13.2 Å². The molecule has 2 rings (SSSR count). The first-order chi connectivity index (χ1) is 11.3. The maximum atomic E-state index is 12.1. The molecule has 0 radical (unpaired) electrons. The number of amides is 1. The predicted molar refractivity (Wildman–Crippen MR) is 97.0 cm³/mol. The molecule has 1 N–H and O–H groups in total. The van der Waals surface area contributed by atoms with Crippen LogP contribution in [-0.4, -0.2) is 39.9 Å². The maximum absolute atomic E-state index is 12.1. The molecule has 0 spiro atoms. The van der Waals surface area contributed by atoms with Gasteiger partial charge in [-0.1, -0.05) is 36.4 Å². The standard InChI is InChI=1S/C18H22N2O3S/c1-20(14-15-7-4-3-5-8-15)17-10-6-9-16(13-17)18(21)19-11-12-24(2,22)23/h3-10,13H,11-12,14H2,1-2H3,(H,19,21). The van der Waals surface area contributed by atoms with E-state index < -0.39 is 9.84 Å². The first-order valence-corrected chi connectivity index (χ1v) is 9.72. The zero-order chi connectivity index (χ0) is 17.6. The van der Waals surface area contributed by atoms with Gasteiger partial charge in [-0.15, -0.1) is 0 Å². The van der Waals surface area contributed by atoms with Crippen molar-refractivity contribution in [2.75, 3.05) is 30.5 Å². The number of sulfone groups is 1. The van der Waals surface area contributed by atoms with Crippen LogP contribution >= 0.6 is 0 Å². The Morgan fingerprint density at radius 1 is 1.08 bits per heavy atom. The van der Waals surface area contributed by atoms with E-state index in [-0.39, 0.29) is 18.2 Å². The molecule has 5 nitrogen and oxygen atoms in total. The second kappa shape index (κ2) is 7.97. The van der Waals surface area contributed by atoms with Gasteiger partial charge in [-0.3, -0.25) is 4.79 Å². The van der Waals surface area contributed by atoms with Crippen LogP contribution in [0.2, 0.25) is 0 Å². The van der Waals surface area contributed by atoms with Gasteiger partial charge in [0.2, 0.25) is 0 Å². The SMILES string of the molecule is CN(Cc1ccccc1)c1cccc(C(=O)NCCS(C)(=O)=O)c1. The summed E-state index contributed by atoms with van der Waals surface area (Å²) >= 11 is 0. The minimum Gasteiger partial charge on any atom is -0.370 e. The lowest BCUT2D eigenvalue weighted by Crippen LogP contribution is -2.29. The van der Waals surface area contributed by atoms with Crippen molar-refractivity contribution in [1.29, 1.82) is 0 Å². The van der Waals surface area contributed by atoms with E-state index in [4.69, 9.17) is 0 Å². The van der Waals surface area contributed by atoms with Crippen molar-refractivity contribution in [3.8, 4) is 0 Å². The van der Waals surface area contributed by atoms with Crippen molar-refractivity contribution >= 4 is 21.4 Å². The molecule has 0 aliphatic heterocycles. The van der Waals surface area contributed by atoms with Crippen molar-refractivity contribution in [2.45, 2.75) is 6.54 Å². The number of carbonyl (C=O) groups is 1. The number of nitrogens with zero attached hydrogens (tertiary/aromatic N) is 1. The van der Waals surface area contributed by atoms with Crippen LogP contribution in [-0.2, 0) is 16.4 Å². The highest BCUT2D eigenvalue weighted by molar-refractivity contribution is 7.90. The Morgan fingerprint density at radius 2 is 1.79 bits per heavy atom. The fraction of sp³-hybridized carbons (Fsp3) is 0.278. The molecule has 0 heterocycles. The van der Waals surface area contributed by atoms with Gasteiger partial charge < -0.3 is 10.2 Å². The molecule has 0 atom stereocenters. The van der Waals surface area contributed by atoms with Crippen molar-refractivity contribution < 1.29 is 13.2 Å². The van der Waals surface area contributed by atoms with Crippen molar-refractivity contribution in [3.05, 3.63) is 65.7 Å². The van der Waals surface area contributed by atoms with E-state index >= 15 is 0 Å². The van der Waals surface area contributed by atoms with Gasteiger partial charge in [0, 0.05) is 37.6 Å². The van der Waals surface area contributed by atoms with Gasteiger partial charge in [0.15, 0.2) is 0 Å². The molecule has 0 aliphatic rings. The Morgan fingerprint density at radius 3 is 2.46 bits per heavy atom. The zero-order valence-corrected chi connectivity index (χ0v) is 14.7. The smallest absolute Gasteiger partial charge is 0.251 e. The molecule has 128 valence electrons. The maximum Gasteiger partial charge on any atom is 0.251 e. The lowest BCUT2D eigenvalue weighted by molar-refractivity contribution is 0.0956. The van der Waals surface area contributed by atoms with Gasteiger partial charge in [0.05, 0.1) is 5.75 Å². The summed E-state index contributed by atoms with van der Waals surface area (Å²) in [7, 11) is -1.12. The topological polar surface area (TPSA) is 66.5 Å². The minimum absolute atomic E-state index is 0.0632. The third-order valence-electron chi connectivity index (χ3n) is 3.57. The largest absolute Gasteiger partial charge is 0.370 e. The van der Waals surface area contributed by atoms with Crippen LogP contribution in [0.5, 0.6) is 0 Å². The molecular formula is C18H22N2O3S. The van der Waals surface area contributed by atoms with E-state index in [1.165, 1.54) is 5.56 Å². The molecule has 1 amide bonds. The van der Waals surface area contributed by atoms with E-state index in [0.717, 1.165) is 18.5 Å². The lowest BCUT2D eigenvalue weighted by atomic mass is 10.1. The lowest BCUT2D eigenvalue weighted by Gasteiger charge is -2.20. The summed E-state index contributed by atoms with van der Waals surface area (Å²) < 4.78 is 22.2. The summed E-state index contributed by atoms with van der Waals surface area (Å²) in [5, 5.41) is 2.63. The minimum atomic E-state index is -3.08. The van der Waals surface area contributed by atoms with E-state index in [0.29, 0.717) is 5.56 Å². The number of rotatable bonds is 7. The van der Waals surface area contributed by atoms with E-state index in [2.05, 4.69) is 22.3 Å². The highest BCUT2D eigenvalue weighted by Gasteiger charge is 2.09. The molecule has 0 saturated carbocycles. The second-order valence-corrected chi connectivity index (χ2v) is 8.04. The van der Waals surface area contributed by atoms with E-state index in [1.54, 1.807) is 12.1 Å². The second-order valence-electron chi connectivity index (χ2n) is 5.78. The summed E-state index contributed by atoms with van der Waals surface area (Å²) in [6.07, 6.45) is 1.15. The van der Waals surface area contributed by atoms with Crippen molar-refractivity contribution in [1.82, 2.24) is 5.32 Å². The fourth-order valence-electron chi connectivity index (χ4n) is 2.29. The van der Waals surface area contributed by atoms with Crippen LogP contribution < -0.4 is 10.2 Å². The Hall–Kier alpha value is -2.34. The number of carbonyl (C=O) groups excluding carboxylic acids is 1. The van der Waals surface area contributed by atoms with E-state index in [1.807, 2.05) is 37.4 Å². The summed E-state index contributed by atoms with van der Waals surface area (Å²) in [6.45, 7) is 0.849. The Balaban J connectivity index is 2.01. The van der Waals surface area contributed by atoms with Gasteiger partial charge in [0.25, 0.3) is 5.91 Å². The molecule has 24 heavy (non-hydrogen) atoms. The van der Waals surface area contributed by atoms with Crippen LogP contribution in [0.25, 0.3) is 0 Å². The molecule has 6 heteroatoms. The fourth-order valence-corrected chi connectivity index (χ4v) is 2.76. The van der Waals surface area contributed by atoms with Gasteiger partial charge in [-0.2, -0.15) is 0 Å². The molecule has 0 fully saturated rings. The van der Waals surface area contributed by atoms with Gasteiger partial charge in [0.1, 0.15) is 9.84 Å². The molecule has 2 aromatic rings. The molecule has 0 aromatic heterocycles. The van der Waals surface area contributed by atoms with Crippen LogP contribution in [0, 0.1) is 0 Å². The highest BCUT2D eigenvalue weighted by Crippen LogP contribution is 2.17. The quantitative estimate of drug-likeness (QED) is 0.834. The molecular weight excluding hydrogens is 324 g/mol. The van der Waals surface area contributed by atoms with Gasteiger partial charge in [-0.25, -0.2) is 8.42 Å². The molecule has 0 saturated heterocycles. The van der Waals surface area contributed by atoms with Crippen LogP contribution in [0.15, 0.2) is 54.6 Å². The zero-order valence-electron chi connectivity index (χ0n) is 13.9. The first-order valence-electron chi connectivity index (χ1n) is 7.66. The monoisotopic (exact) mass is 346 g/mol. The van der Waals surface area contributed by atoms with Gasteiger partial charge in [-0.05, 0) is 23.8 Å². The average molecular weight is 346 g/mol. The van der Waals surface area contributed by atoms with Crippen LogP contribution in [0.4, 0.5) is 5.69 Å². The Labute approximate surface area is 143 Å². The Bertz CT molecular complexity index is 789. The Kier molecular flexibility index (Phi) is 5.98. The van der Waals surface area contributed by atoms with Crippen LogP contribution in [0.3, 0.4) is 0 Å². The molecule has 0 unspecified atom stereocenters. The number of anilines is 1. The molecule has 0 aliphatic carbocycles. The number of hydrogen-bond donors (Lipinski definition) is 1. The third-order valence-corrected chi connectivity index (χ3v) is 4.52. The summed E-state index contributed by atoms with van der Waals surface area (Å²) in [5.74, 6) is -0.333. The number of benzene rings is 2. The number of nitrogens with one attached hydrogen (secondary N) is 1. The summed E-state index contributed by atoms with van der Waals surface area (Å²) in [4.78, 5) is 14.2. The average Bonchev–Trinajstić information content (AvgIpc) is 2.54. The van der Waals surface area contributed by atoms with Crippen molar-refractivity contribution in [3.63, 3.8) is 0 Å². The first kappa shape index (κ1) is 18.0. The summed E-state index contributed by atoms with van der Waals surface area (Å²) in [6, 6.07) is 17.4. The highest BCUT2D eigenvalue weighted by atomic mass is 32.2. The molecule has 0 bridgehead atoms. The van der Waals surface area contributed by atoms with Crippen molar-refractivity contribution in [2.24, 2.45) is 0 Å². The number of hydrogen-bond acceptors (Lipinski definition) is 4. The normalized spacial score (nSPS) is 11.1. The third kappa shape index (κ3) is 5.70. The van der Waals surface area contributed by atoms with Gasteiger partial charge >= 0.3 is 0 Å². The van der Waals surface area contributed by atoms with Crippen LogP contribution in [0.1, 0.15) is 15.9 Å². The predicted octanol–water partition coefficient (Wildman–Crippen LogP) is 2.10.